The van der Waals surface area contributed by atoms with E-state index in [0.29, 0.717) is 13.0 Å². The van der Waals surface area contributed by atoms with Crippen molar-refractivity contribution in [3.63, 3.8) is 0 Å². The minimum Gasteiger partial charge on any atom is -0.480 e. The van der Waals surface area contributed by atoms with Gasteiger partial charge < -0.3 is 20.7 Å². The summed E-state index contributed by atoms with van der Waals surface area (Å²) in [6.07, 6.45) is 2.77. The topological polar surface area (TPSA) is 115 Å². The Labute approximate surface area is 179 Å². The number of amides is 3. The van der Waals surface area contributed by atoms with Crippen molar-refractivity contribution in [2.24, 2.45) is 11.7 Å². The first-order valence-electron chi connectivity index (χ1n) is 9.88. The summed E-state index contributed by atoms with van der Waals surface area (Å²) in [5.74, 6) is -2.52. The van der Waals surface area contributed by atoms with Crippen LogP contribution in [0.25, 0.3) is 0 Å². The summed E-state index contributed by atoms with van der Waals surface area (Å²) in [7, 11) is 1.34. The smallest absolute Gasteiger partial charge is 0.313 e. The van der Waals surface area contributed by atoms with Gasteiger partial charge in [-0.1, -0.05) is 19.1 Å². The van der Waals surface area contributed by atoms with Crippen molar-refractivity contribution >= 4 is 23.4 Å². The molecule has 3 N–H and O–H groups in total. The molecule has 1 aromatic heterocycles. The summed E-state index contributed by atoms with van der Waals surface area (Å²) in [6, 6.07) is 7.26. The first-order valence-corrected chi connectivity index (χ1v) is 9.88. The lowest BCUT2D eigenvalue weighted by Crippen LogP contribution is -2.55. The third kappa shape index (κ3) is 4.50. The zero-order valence-corrected chi connectivity index (χ0v) is 17.6. The number of hydrogen-bond acceptors (Lipinski definition) is 5. The molecule has 0 radical (unpaired) electrons. The Morgan fingerprint density at radius 1 is 1.29 bits per heavy atom. The van der Waals surface area contributed by atoms with E-state index < -0.39 is 23.3 Å². The molecule has 3 amide bonds. The Kier molecular flexibility index (Phi) is 6.24. The molecule has 0 aliphatic carbocycles. The highest BCUT2D eigenvalue weighted by Gasteiger charge is 2.43. The fraction of sp³-hybridized carbons (Fsp3) is 0.364. The molecule has 1 aromatic carbocycles. The maximum Gasteiger partial charge on any atom is 0.313 e. The number of carbonyl (C=O) groups excluding carboxylic acids is 3. The highest BCUT2D eigenvalue weighted by molar-refractivity contribution is 6.39. The normalized spacial score (nSPS) is 20.8. The highest BCUT2D eigenvalue weighted by Crippen LogP contribution is 2.39. The standard InChI is InChI=1S/C22H25FN4O4/c1-13-8-9-22(2,14-4-6-15(23)7-5-14)27(12-13)21(30)19(29)26-16-10-17(18(24)28)20(31-3)25-11-16/h4-7,10-11,13H,8-9,12H2,1-3H3,(H2,24,28)(H,26,29)/t13-,22-/m0/s1. The first kappa shape index (κ1) is 22.2. The second-order valence-electron chi connectivity index (χ2n) is 7.94. The van der Waals surface area contributed by atoms with Crippen molar-refractivity contribution in [2.45, 2.75) is 32.2 Å². The molecule has 0 spiro atoms. The van der Waals surface area contributed by atoms with Crippen LogP contribution in [0, 0.1) is 11.7 Å². The van der Waals surface area contributed by atoms with Gasteiger partial charge >= 0.3 is 11.8 Å². The van der Waals surface area contributed by atoms with Crippen LogP contribution in [-0.2, 0) is 15.1 Å². The van der Waals surface area contributed by atoms with Gasteiger partial charge in [0.25, 0.3) is 5.91 Å². The van der Waals surface area contributed by atoms with E-state index in [1.807, 2.05) is 13.8 Å². The van der Waals surface area contributed by atoms with Crippen molar-refractivity contribution in [2.75, 3.05) is 19.0 Å². The number of ether oxygens (including phenoxy) is 1. The van der Waals surface area contributed by atoms with Gasteiger partial charge in [0.15, 0.2) is 0 Å². The van der Waals surface area contributed by atoms with Crippen LogP contribution in [-0.4, -0.2) is 41.3 Å². The number of halogens is 1. The van der Waals surface area contributed by atoms with E-state index in [1.165, 1.54) is 36.4 Å². The Bertz CT molecular complexity index is 1010. The number of benzene rings is 1. The molecule has 1 aliphatic rings. The van der Waals surface area contributed by atoms with Crippen LogP contribution in [0.5, 0.6) is 5.88 Å². The van der Waals surface area contributed by atoms with Gasteiger partial charge in [-0.25, -0.2) is 9.37 Å². The molecule has 9 heteroatoms. The average molecular weight is 428 g/mol. The number of likely N-dealkylation sites (tertiary alicyclic amines) is 1. The molecule has 2 aromatic rings. The SMILES string of the molecule is COc1ncc(NC(=O)C(=O)N2C[C@@H](C)CC[C@@]2(C)c2ccc(F)cc2)cc1C(N)=O. The van der Waals surface area contributed by atoms with Gasteiger partial charge in [-0.3, -0.25) is 14.4 Å². The maximum atomic E-state index is 13.4. The molecule has 0 bridgehead atoms. The summed E-state index contributed by atoms with van der Waals surface area (Å²) in [5, 5.41) is 2.48. The fourth-order valence-corrected chi connectivity index (χ4v) is 3.85. The second kappa shape index (κ2) is 8.71. The van der Waals surface area contributed by atoms with Crippen LogP contribution in [0.1, 0.15) is 42.6 Å². The van der Waals surface area contributed by atoms with E-state index in [4.69, 9.17) is 10.5 Å². The predicted molar refractivity (Wildman–Crippen MR) is 112 cm³/mol. The lowest BCUT2D eigenvalue weighted by atomic mass is 9.79. The largest absolute Gasteiger partial charge is 0.480 e. The number of methoxy groups -OCH3 is 1. The van der Waals surface area contributed by atoms with Gasteiger partial charge in [0.05, 0.1) is 24.5 Å². The molecule has 1 saturated heterocycles. The van der Waals surface area contributed by atoms with E-state index in [0.717, 1.165) is 12.0 Å². The third-order valence-electron chi connectivity index (χ3n) is 5.69. The first-order chi connectivity index (χ1) is 14.7. The van der Waals surface area contributed by atoms with Gasteiger partial charge in [0.1, 0.15) is 11.4 Å². The van der Waals surface area contributed by atoms with E-state index in [-0.39, 0.29) is 28.9 Å². The quantitative estimate of drug-likeness (QED) is 0.726. The average Bonchev–Trinajstić information content (AvgIpc) is 2.75. The molecule has 0 unspecified atom stereocenters. The van der Waals surface area contributed by atoms with E-state index in [9.17, 15) is 18.8 Å². The number of rotatable bonds is 4. The Hall–Kier alpha value is -3.49. The number of nitrogens with one attached hydrogen (secondary N) is 1. The van der Waals surface area contributed by atoms with Gasteiger partial charge in [-0.2, -0.15) is 0 Å². The second-order valence-corrected chi connectivity index (χ2v) is 7.94. The van der Waals surface area contributed by atoms with Gasteiger partial charge in [-0.05, 0) is 49.4 Å². The van der Waals surface area contributed by atoms with Crippen LogP contribution in [0.3, 0.4) is 0 Å². The molecule has 0 saturated carbocycles. The van der Waals surface area contributed by atoms with Crippen molar-refractivity contribution in [1.29, 1.82) is 0 Å². The molecule has 1 fully saturated rings. The molecule has 31 heavy (non-hydrogen) atoms. The summed E-state index contributed by atoms with van der Waals surface area (Å²) in [6.45, 7) is 4.26. The summed E-state index contributed by atoms with van der Waals surface area (Å²) in [4.78, 5) is 43.0. The molecule has 3 rings (SSSR count). The zero-order valence-electron chi connectivity index (χ0n) is 17.6. The molecule has 2 heterocycles. The van der Waals surface area contributed by atoms with Gasteiger partial charge in [0, 0.05) is 6.54 Å². The fourth-order valence-electron chi connectivity index (χ4n) is 3.85. The number of carbonyl (C=O) groups is 3. The van der Waals surface area contributed by atoms with Crippen molar-refractivity contribution in [3.05, 3.63) is 53.5 Å². The van der Waals surface area contributed by atoms with Crippen molar-refractivity contribution in [1.82, 2.24) is 9.88 Å². The van der Waals surface area contributed by atoms with Crippen molar-refractivity contribution < 1.29 is 23.5 Å². The van der Waals surface area contributed by atoms with E-state index in [2.05, 4.69) is 10.3 Å². The monoisotopic (exact) mass is 428 g/mol. The van der Waals surface area contributed by atoms with Gasteiger partial charge in [-0.15, -0.1) is 0 Å². The predicted octanol–water partition coefficient (Wildman–Crippen LogP) is 2.44. The van der Waals surface area contributed by atoms with E-state index in [1.54, 1.807) is 12.1 Å². The number of nitrogens with zero attached hydrogens (tertiary/aromatic N) is 2. The molecular formula is C22H25FN4O4. The van der Waals surface area contributed by atoms with Gasteiger partial charge in [0.2, 0.25) is 5.88 Å². The zero-order chi connectivity index (χ0) is 22.8. The molecule has 2 atom stereocenters. The minimum atomic E-state index is -0.871. The Morgan fingerprint density at radius 3 is 2.58 bits per heavy atom. The van der Waals surface area contributed by atoms with Crippen LogP contribution in [0.15, 0.2) is 36.5 Å². The summed E-state index contributed by atoms with van der Waals surface area (Å²) >= 11 is 0. The minimum absolute atomic E-state index is 0.0181. The van der Waals surface area contributed by atoms with Crippen molar-refractivity contribution in [3.8, 4) is 5.88 Å². The molecular weight excluding hydrogens is 403 g/mol. The lowest BCUT2D eigenvalue weighted by Gasteiger charge is -2.47. The summed E-state index contributed by atoms with van der Waals surface area (Å²) in [5.41, 5.74) is 5.44. The van der Waals surface area contributed by atoms with E-state index >= 15 is 0 Å². The number of nitrogens with two attached hydrogens (primary N) is 1. The number of aromatic nitrogens is 1. The van der Waals surface area contributed by atoms with Crippen LogP contribution in [0.2, 0.25) is 0 Å². The van der Waals surface area contributed by atoms with Crippen LogP contribution >= 0.6 is 0 Å². The Balaban J connectivity index is 1.87. The molecule has 1 aliphatic heterocycles. The molecule has 8 nitrogen and oxygen atoms in total. The van der Waals surface area contributed by atoms with Crippen LogP contribution in [0.4, 0.5) is 10.1 Å². The highest BCUT2D eigenvalue weighted by atomic mass is 19.1. The number of pyridine rings is 1. The molecule has 164 valence electrons. The lowest BCUT2D eigenvalue weighted by molar-refractivity contribution is -0.150. The number of piperidine rings is 1. The third-order valence-corrected chi connectivity index (χ3v) is 5.69. The number of anilines is 1. The maximum absolute atomic E-state index is 13.4. The Morgan fingerprint density at radius 2 is 1.97 bits per heavy atom. The number of primary amides is 1. The van der Waals surface area contributed by atoms with Crippen LogP contribution < -0.4 is 15.8 Å². The summed E-state index contributed by atoms with van der Waals surface area (Å²) < 4.78 is 18.4. The number of hydrogen-bond donors (Lipinski definition) is 2.